The number of para-hydroxylation sites is 2. The predicted octanol–water partition coefficient (Wildman–Crippen LogP) is 8.36. The maximum absolute atomic E-state index is 13.7. The number of nitrogens with zero attached hydrogens (tertiary/aromatic N) is 1. The van der Waals surface area contributed by atoms with E-state index in [0.717, 1.165) is 45.3 Å². The number of fused-ring (bicyclic) bond motifs is 1. The van der Waals surface area contributed by atoms with Gasteiger partial charge in [0.2, 0.25) is 0 Å². The molecule has 0 saturated heterocycles. The molecular formula is C35H32F2N2O3. The molecule has 0 fully saturated rings. The molecule has 0 radical (unpaired) electrons. The lowest BCUT2D eigenvalue weighted by Crippen LogP contribution is -2.11. The average Bonchev–Trinajstić information content (AvgIpc) is 3.39. The number of nitrogens with one attached hydrogen (secondary N) is 1. The fourth-order valence-corrected chi connectivity index (χ4v) is 5.04. The van der Waals surface area contributed by atoms with Gasteiger partial charge in [0, 0.05) is 24.3 Å². The second-order valence-corrected chi connectivity index (χ2v) is 10.3. The molecule has 0 bridgehead atoms. The zero-order valence-electron chi connectivity index (χ0n) is 23.3. The van der Waals surface area contributed by atoms with Crippen molar-refractivity contribution >= 4 is 22.6 Å². The van der Waals surface area contributed by atoms with E-state index in [4.69, 9.17) is 9.84 Å². The minimum atomic E-state index is -0.834. The van der Waals surface area contributed by atoms with Crippen LogP contribution in [0.1, 0.15) is 42.5 Å². The molecule has 5 nitrogen and oxygen atoms in total. The van der Waals surface area contributed by atoms with Gasteiger partial charge in [-0.2, -0.15) is 0 Å². The van der Waals surface area contributed by atoms with Gasteiger partial charge in [-0.15, -0.1) is 0 Å². The van der Waals surface area contributed by atoms with Gasteiger partial charge in [-0.3, -0.25) is 4.79 Å². The molecule has 0 unspecified atom stereocenters. The second-order valence-electron chi connectivity index (χ2n) is 10.3. The number of carboxylic acid groups (broad SMARTS) is 1. The van der Waals surface area contributed by atoms with Crippen LogP contribution >= 0.6 is 0 Å². The van der Waals surface area contributed by atoms with Crippen molar-refractivity contribution in [1.82, 2.24) is 4.57 Å². The van der Waals surface area contributed by atoms with E-state index in [2.05, 4.69) is 41.1 Å². The van der Waals surface area contributed by atoms with Gasteiger partial charge in [-0.05, 0) is 96.4 Å². The summed E-state index contributed by atoms with van der Waals surface area (Å²) in [5, 5.41) is 13.2. The number of aliphatic carboxylic acids is 1. The van der Waals surface area contributed by atoms with Crippen LogP contribution in [0.25, 0.3) is 10.9 Å². The number of carboxylic acids is 1. The van der Waals surface area contributed by atoms with E-state index in [1.54, 1.807) is 24.3 Å². The van der Waals surface area contributed by atoms with Crippen LogP contribution in [0.4, 0.5) is 14.5 Å². The number of allylic oxidation sites excluding steroid dienone is 1. The summed E-state index contributed by atoms with van der Waals surface area (Å²) in [5.41, 5.74) is 5.90. The smallest absolute Gasteiger partial charge is 0.303 e. The zero-order chi connectivity index (χ0) is 29.5. The summed E-state index contributed by atoms with van der Waals surface area (Å²) >= 11 is 0. The normalized spacial score (nSPS) is 11.7. The van der Waals surface area contributed by atoms with Gasteiger partial charge in [-0.25, -0.2) is 8.78 Å². The van der Waals surface area contributed by atoms with E-state index >= 15 is 0 Å². The molecule has 7 heteroatoms. The number of anilines is 1. The Morgan fingerprint density at radius 1 is 0.929 bits per heavy atom. The van der Waals surface area contributed by atoms with Crippen molar-refractivity contribution in [3.63, 3.8) is 0 Å². The van der Waals surface area contributed by atoms with Crippen LogP contribution in [-0.4, -0.2) is 22.2 Å². The van der Waals surface area contributed by atoms with E-state index in [9.17, 15) is 13.6 Å². The number of ether oxygens (including phenoxy) is 1. The molecule has 0 spiro atoms. The highest BCUT2D eigenvalue weighted by molar-refractivity contribution is 5.81. The molecule has 42 heavy (non-hydrogen) atoms. The Kier molecular flexibility index (Phi) is 8.97. The predicted molar refractivity (Wildman–Crippen MR) is 162 cm³/mol. The number of aromatic nitrogens is 1. The summed E-state index contributed by atoms with van der Waals surface area (Å²) in [6, 6.07) is 28.6. The Labute approximate surface area is 243 Å². The maximum Gasteiger partial charge on any atom is 0.303 e. The van der Waals surface area contributed by atoms with Gasteiger partial charge in [0.15, 0.2) is 0 Å². The summed E-state index contributed by atoms with van der Waals surface area (Å²) in [5.74, 6) is -0.767. The van der Waals surface area contributed by atoms with Gasteiger partial charge in [-0.1, -0.05) is 48.0 Å². The van der Waals surface area contributed by atoms with Crippen LogP contribution in [0, 0.1) is 11.6 Å². The van der Waals surface area contributed by atoms with Gasteiger partial charge in [0.05, 0.1) is 18.3 Å². The molecule has 0 amide bonds. The van der Waals surface area contributed by atoms with Crippen LogP contribution in [-0.2, 0) is 11.2 Å². The molecule has 0 aliphatic heterocycles. The third-order valence-electron chi connectivity index (χ3n) is 7.07. The van der Waals surface area contributed by atoms with Crippen molar-refractivity contribution in [3.8, 4) is 5.75 Å². The van der Waals surface area contributed by atoms with Crippen molar-refractivity contribution in [1.29, 1.82) is 0 Å². The van der Waals surface area contributed by atoms with Crippen LogP contribution in [0.2, 0.25) is 0 Å². The van der Waals surface area contributed by atoms with Gasteiger partial charge in [0.1, 0.15) is 17.4 Å². The first-order chi connectivity index (χ1) is 20.4. The number of carbonyl (C=O) groups is 1. The first kappa shape index (κ1) is 28.6. The summed E-state index contributed by atoms with van der Waals surface area (Å²) in [7, 11) is 0. The molecule has 0 saturated carbocycles. The average molecular weight is 567 g/mol. The Hall–Kier alpha value is -4.91. The van der Waals surface area contributed by atoms with Crippen molar-refractivity contribution in [3.05, 3.63) is 143 Å². The van der Waals surface area contributed by atoms with Crippen molar-refractivity contribution in [2.45, 2.75) is 32.2 Å². The highest BCUT2D eigenvalue weighted by atomic mass is 19.1. The van der Waals surface area contributed by atoms with Crippen LogP contribution in [0.3, 0.4) is 0 Å². The maximum atomic E-state index is 13.7. The number of benzene rings is 4. The van der Waals surface area contributed by atoms with E-state index in [-0.39, 0.29) is 24.1 Å². The Morgan fingerprint density at radius 3 is 2.26 bits per heavy atom. The molecule has 1 heterocycles. The summed E-state index contributed by atoms with van der Waals surface area (Å²) in [6.07, 6.45) is 5.21. The monoisotopic (exact) mass is 566 g/mol. The number of halogens is 2. The molecule has 214 valence electrons. The van der Waals surface area contributed by atoms with Crippen molar-refractivity contribution < 1.29 is 23.4 Å². The molecule has 1 aromatic heterocycles. The van der Waals surface area contributed by atoms with E-state index in [0.29, 0.717) is 18.8 Å². The van der Waals surface area contributed by atoms with Crippen LogP contribution < -0.4 is 10.1 Å². The zero-order valence-corrected chi connectivity index (χ0v) is 23.3. The lowest BCUT2D eigenvalue weighted by molar-refractivity contribution is -0.137. The van der Waals surface area contributed by atoms with Gasteiger partial charge < -0.3 is 19.7 Å². The first-order valence-electron chi connectivity index (χ1n) is 13.8. The lowest BCUT2D eigenvalue weighted by atomic mass is 9.98. The Bertz CT molecular complexity index is 1650. The highest BCUT2D eigenvalue weighted by Crippen LogP contribution is 2.32. The van der Waals surface area contributed by atoms with Gasteiger partial charge >= 0.3 is 5.97 Å². The highest BCUT2D eigenvalue weighted by Gasteiger charge is 2.19. The fraction of sp³-hybridized carbons (Fsp3) is 0.171. The first-order valence-corrected chi connectivity index (χ1v) is 13.8. The number of hydrogen-bond donors (Lipinski definition) is 2. The Morgan fingerprint density at radius 2 is 1.60 bits per heavy atom. The minimum Gasteiger partial charge on any atom is -0.491 e. The largest absolute Gasteiger partial charge is 0.491 e. The molecule has 0 aliphatic rings. The number of hydrogen-bond acceptors (Lipinski definition) is 3. The summed E-state index contributed by atoms with van der Waals surface area (Å²) in [6.45, 7) is 2.38. The van der Waals surface area contributed by atoms with E-state index < -0.39 is 5.97 Å². The molecular weight excluding hydrogens is 534 g/mol. The topological polar surface area (TPSA) is 63.5 Å². The van der Waals surface area contributed by atoms with Crippen molar-refractivity contribution in [2.24, 2.45) is 0 Å². The number of rotatable bonds is 12. The molecule has 0 atom stereocenters. The van der Waals surface area contributed by atoms with Crippen LogP contribution in [0.15, 0.2) is 115 Å². The summed E-state index contributed by atoms with van der Waals surface area (Å²) in [4.78, 5) is 10.7. The van der Waals surface area contributed by atoms with Gasteiger partial charge in [0.25, 0.3) is 0 Å². The fourth-order valence-electron chi connectivity index (χ4n) is 5.04. The Balaban J connectivity index is 1.33. The van der Waals surface area contributed by atoms with Crippen LogP contribution in [0.5, 0.6) is 5.75 Å². The second kappa shape index (κ2) is 13.2. The lowest BCUT2D eigenvalue weighted by Gasteiger charge is -2.22. The minimum absolute atomic E-state index is 0.0709. The SMILES string of the molecule is CC(=CNc1ccccc1OCCCC(=O)O)Cc1ccc2c(ccn2C(c2ccc(F)cc2)c2ccc(F)cc2)c1. The van der Waals surface area contributed by atoms with E-state index in [1.165, 1.54) is 24.3 Å². The molecule has 5 rings (SSSR count). The van der Waals surface area contributed by atoms with E-state index in [1.807, 2.05) is 36.7 Å². The summed E-state index contributed by atoms with van der Waals surface area (Å²) < 4.78 is 35.4. The molecule has 2 N–H and O–H groups in total. The molecule has 5 aromatic rings. The van der Waals surface area contributed by atoms with Crippen molar-refractivity contribution in [2.75, 3.05) is 11.9 Å². The standard InChI is InChI=1S/C35H32F2N2O3/c1-24(23-38-31-5-2-3-6-33(31)42-20-4-7-34(40)41)21-25-8-17-32-28(22-25)18-19-39(32)35(26-9-13-29(36)14-10-26)27-11-15-30(37)16-12-27/h2-3,5-6,8-19,22-23,35,38H,4,7,20-21H2,1H3,(H,40,41). The molecule has 4 aromatic carbocycles. The molecule has 0 aliphatic carbocycles. The third kappa shape index (κ3) is 7.04. The third-order valence-corrected chi connectivity index (χ3v) is 7.07. The quantitative estimate of drug-likeness (QED) is 0.149.